The molecule has 0 saturated carbocycles. The summed E-state index contributed by atoms with van der Waals surface area (Å²) >= 11 is 0. The molecule has 2 aromatic carbocycles. The molecule has 0 radical (unpaired) electrons. The standard InChI is InChI=1S/C21H21N5O3S/c27-30(28)10-8-25(9-11-30)13-16-4-3-5-17(12-16)21-23-20(24-29-21)14-26-15-22-18-6-1-2-7-19(18)26/h1-7,12,15H,8-11,13-14H2. The van der Waals surface area contributed by atoms with Crippen LogP contribution in [0.15, 0.2) is 59.4 Å². The summed E-state index contributed by atoms with van der Waals surface area (Å²) < 4.78 is 30.7. The predicted molar refractivity (Wildman–Crippen MR) is 112 cm³/mol. The number of hydrogen-bond acceptors (Lipinski definition) is 7. The fourth-order valence-electron chi connectivity index (χ4n) is 3.69. The number of fused-ring (bicyclic) bond motifs is 1. The summed E-state index contributed by atoms with van der Waals surface area (Å²) in [6.45, 7) is 2.31. The average molecular weight is 423 g/mol. The van der Waals surface area contributed by atoms with Gasteiger partial charge in [-0.3, -0.25) is 4.90 Å². The maximum atomic E-state index is 11.6. The number of benzene rings is 2. The highest BCUT2D eigenvalue weighted by Gasteiger charge is 2.21. The van der Waals surface area contributed by atoms with Crippen molar-refractivity contribution in [3.63, 3.8) is 0 Å². The first-order valence-electron chi connectivity index (χ1n) is 9.80. The Balaban J connectivity index is 1.31. The van der Waals surface area contributed by atoms with Crippen molar-refractivity contribution in [1.82, 2.24) is 24.6 Å². The van der Waals surface area contributed by atoms with Gasteiger partial charge in [-0.05, 0) is 29.8 Å². The predicted octanol–water partition coefficient (Wildman–Crippen LogP) is 2.37. The molecular formula is C21H21N5O3S. The maximum absolute atomic E-state index is 11.6. The zero-order valence-electron chi connectivity index (χ0n) is 16.3. The fraction of sp³-hybridized carbons (Fsp3) is 0.286. The van der Waals surface area contributed by atoms with Crippen LogP contribution in [-0.2, 0) is 22.9 Å². The van der Waals surface area contributed by atoms with Crippen molar-refractivity contribution in [1.29, 1.82) is 0 Å². The topological polar surface area (TPSA) is 94.1 Å². The lowest BCUT2D eigenvalue weighted by Gasteiger charge is -2.26. The van der Waals surface area contributed by atoms with Gasteiger partial charge in [-0.25, -0.2) is 13.4 Å². The summed E-state index contributed by atoms with van der Waals surface area (Å²) in [7, 11) is -2.87. The van der Waals surface area contributed by atoms with Gasteiger partial charge >= 0.3 is 0 Å². The SMILES string of the molecule is O=S1(=O)CCN(Cc2cccc(-c3nc(Cn4cnc5ccccc54)no3)c2)CC1. The average Bonchev–Trinajstić information content (AvgIpc) is 3.38. The van der Waals surface area contributed by atoms with Gasteiger partial charge in [0, 0.05) is 25.2 Å². The fourth-order valence-corrected chi connectivity index (χ4v) is 4.97. The van der Waals surface area contributed by atoms with Crippen LogP contribution in [0.5, 0.6) is 0 Å². The molecule has 0 aliphatic carbocycles. The lowest BCUT2D eigenvalue weighted by Crippen LogP contribution is -2.39. The minimum absolute atomic E-state index is 0.225. The van der Waals surface area contributed by atoms with E-state index in [0.717, 1.165) is 22.2 Å². The molecule has 0 bridgehead atoms. The van der Waals surface area contributed by atoms with Crippen molar-refractivity contribution < 1.29 is 12.9 Å². The second kappa shape index (κ2) is 7.66. The molecule has 3 heterocycles. The number of para-hydroxylation sites is 2. The van der Waals surface area contributed by atoms with Gasteiger partial charge in [0.05, 0.1) is 35.4 Å². The summed E-state index contributed by atoms with van der Waals surface area (Å²) in [5.74, 6) is 1.50. The first-order chi connectivity index (χ1) is 14.6. The number of rotatable bonds is 5. The van der Waals surface area contributed by atoms with E-state index < -0.39 is 9.84 Å². The van der Waals surface area contributed by atoms with Crippen molar-refractivity contribution >= 4 is 20.9 Å². The Bertz CT molecular complexity index is 1280. The van der Waals surface area contributed by atoms with Crippen molar-refractivity contribution in [2.24, 2.45) is 0 Å². The Hall–Kier alpha value is -3.04. The summed E-state index contributed by atoms with van der Waals surface area (Å²) in [5.41, 5.74) is 3.90. The monoisotopic (exact) mass is 423 g/mol. The van der Waals surface area contributed by atoms with Gasteiger partial charge in [-0.15, -0.1) is 0 Å². The third-order valence-electron chi connectivity index (χ3n) is 5.32. The van der Waals surface area contributed by atoms with Crippen LogP contribution in [0.2, 0.25) is 0 Å². The Morgan fingerprint density at radius 3 is 2.70 bits per heavy atom. The van der Waals surface area contributed by atoms with E-state index in [0.29, 0.717) is 37.9 Å². The van der Waals surface area contributed by atoms with Crippen molar-refractivity contribution in [3.8, 4) is 11.5 Å². The first kappa shape index (κ1) is 19.0. The quantitative estimate of drug-likeness (QED) is 0.486. The summed E-state index contributed by atoms with van der Waals surface area (Å²) in [5, 5.41) is 4.12. The largest absolute Gasteiger partial charge is 0.334 e. The highest BCUT2D eigenvalue weighted by Crippen LogP contribution is 2.21. The molecule has 154 valence electrons. The van der Waals surface area contributed by atoms with Gasteiger partial charge in [0.1, 0.15) is 0 Å². The molecule has 1 aliphatic heterocycles. The van der Waals surface area contributed by atoms with Gasteiger partial charge in [0.2, 0.25) is 0 Å². The number of aromatic nitrogens is 4. The number of imidazole rings is 1. The molecule has 8 nitrogen and oxygen atoms in total. The second-order valence-electron chi connectivity index (χ2n) is 7.51. The van der Waals surface area contributed by atoms with Crippen LogP contribution in [0.4, 0.5) is 0 Å². The Kier molecular flexibility index (Phi) is 4.84. The maximum Gasteiger partial charge on any atom is 0.257 e. The van der Waals surface area contributed by atoms with Crippen LogP contribution in [0.3, 0.4) is 0 Å². The lowest BCUT2D eigenvalue weighted by molar-refractivity contribution is 0.287. The molecule has 9 heteroatoms. The summed E-state index contributed by atoms with van der Waals surface area (Å²) in [6, 6.07) is 15.9. The van der Waals surface area contributed by atoms with Crippen LogP contribution in [0.1, 0.15) is 11.4 Å². The van der Waals surface area contributed by atoms with Crippen LogP contribution in [-0.4, -0.2) is 57.6 Å². The van der Waals surface area contributed by atoms with E-state index in [1.54, 1.807) is 6.33 Å². The van der Waals surface area contributed by atoms with Crippen molar-refractivity contribution in [2.75, 3.05) is 24.6 Å². The molecule has 0 amide bonds. The summed E-state index contributed by atoms with van der Waals surface area (Å²) in [4.78, 5) is 11.1. The minimum atomic E-state index is -2.87. The van der Waals surface area contributed by atoms with Gasteiger partial charge in [0.15, 0.2) is 15.7 Å². The molecule has 1 fully saturated rings. The summed E-state index contributed by atoms with van der Waals surface area (Å²) in [6.07, 6.45) is 1.78. The van der Waals surface area contributed by atoms with Crippen LogP contribution in [0.25, 0.3) is 22.5 Å². The molecule has 30 heavy (non-hydrogen) atoms. The molecule has 2 aromatic heterocycles. The zero-order valence-corrected chi connectivity index (χ0v) is 17.1. The second-order valence-corrected chi connectivity index (χ2v) is 9.81. The molecule has 5 rings (SSSR count). The van der Waals surface area contributed by atoms with E-state index in [1.807, 2.05) is 53.1 Å². The third-order valence-corrected chi connectivity index (χ3v) is 6.93. The minimum Gasteiger partial charge on any atom is -0.334 e. The molecule has 1 aliphatic rings. The molecule has 0 N–H and O–H groups in total. The van der Waals surface area contributed by atoms with Crippen LogP contribution in [0, 0.1) is 0 Å². The van der Waals surface area contributed by atoms with E-state index in [9.17, 15) is 8.42 Å². The van der Waals surface area contributed by atoms with Crippen molar-refractivity contribution in [2.45, 2.75) is 13.1 Å². The van der Waals surface area contributed by atoms with E-state index in [2.05, 4.69) is 20.0 Å². The normalized spacial score (nSPS) is 16.8. The molecule has 1 saturated heterocycles. The molecule has 4 aromatic rings. The molecular weight excluding hydrogens is 402 g/mol. The molecule has 0 spiro atoms. The lowest BCUT2D eigenvalue weighted by atomic mass is 10.1. The highest BCUT2D eigenvalue weighted by molar-refractivity contribution is 7.91. The van der Waals surface area contributed by atoms with Gasteiger partial charge < -0.3 is 9.09 Å². The number of sulfone groups is 1. The third kappa shape index (κ3) is 3.99. The zero-order chi connectivity index (χ0) is 20.6. The van der Waals surface area contributed by atoms with Crippen molar-refractivity contribution in [3.05, 3.63) is 66.2 Å². The van der Waals surface area contributed by atoms with Gasteiger partial charge in [0.25, 0.3) is 5.89 Å². The molecule has 0 atom stereocenters. The van der Waals surface area contributed by atoms with Gasteiger partial charge in [-0.2, -0.15) is 4.98 Å². The number of hydrogen-bond donors (Lipinski definition) is 0. The highest BCUT2D eigenvalue weighted by atomic mass is 32.2. The van der Waals surface area contributed by atoms with E-state index in [-0.39, 0.29) is 11.5 Å². The van der Waals surface area contributed by atoms with E-state index in [1.165, 1.54) is 0 Å². The first-order valence-corrected chi connectivity index (χ1v) is 11.6. The Morgan fingerprint density at radius 2 is 1.83 bits per heavy atom. The van der Waals surface area contributed by atoms with Gasteiger partial charge in [-0.1, -0.05) is 29.4 Å². The van der Waals surface area contributed by atoms with Crippen LogP contribution < -0.4 is 0 Å². The Morgan fingerprint density at radius 1 is 1.00 bits per heavy atom. The Labute approximate surface area is 174 Å². The smallest absolute Gasteiger partial charge is 0.257 e. The molecule has 0 unspecified atom stereocenters. The number of nitrogens with zero attached hydrogens (tertiary/aromatic N) is 5. The van der Waals surface area contributed by atoms with Crippen LogP contribution >= 0.6 is 0 Å². The van der Waals surface area contributed by atoms with E-state index in [4.69, 9.17) is 4.52 Å². The van der Waals surface area contributed by atoms with E-state index >= 15 is 0 Å².